The molecular formula is C23H28O4. The van der Waals surface area contributed by atoms with Crippen LogP contribution in [0.4, 0.5) is 0 Å². The van der Waals surface area contributed by atoms with Gasteiger partial charge in [-0.1, -0.05) is 68.1 Å². The summed E-state index contributed by atoms with van der Waals surface area (Å²) < 4.78 is 16.8. The average molecular weight is 368 g/mol. The monoisotopic (exact) mass is 368 g/mol. The Labute approximate surface area is 161 Å². The Kier molecular flexibility index (Phi) is 6.17. The van der Waals surface area contributed by atoms with Crippen molar-refractivity contribution in [1.29, 1.82) is 0 Å². The molecule has 0 bridgehead atoms. The van der Waals surface area contributed by atoms with Crippen molar-refractivity contribution in [2.45, 2.75) is 51.2 Å². The van der Waals surface area contributed by atoms with Gasteiger partial charge in [-0.05, 0) is 36.6 Å². The summed E-state index contributed by atoms with van der Waals surface area (Å²) in [4.78, 5) is 13.0. The maximum absolute atomic E-state index is 13.0. The van der Waals surface area contributed by atoms with Crippen molar-refractivity contribution in [3.8, 4) is 5.75 Å². The second kappa shape index (κ2) is 8.57. The number of methoxy groups -OCH3 is 1. The zero-order valence-corrected chi connectivity index (χ0v) is 16.4. The summed E-state index contributed by atoms with van der Waals surface area (Å²) in [5, 5.41) is 0. The quantitative estimate of drug-likeness (QED) is 0.351. The number of benzene rings is 2. The van der Waals surface area contributed by atoms with Gasteiger partial charge in [0.15, 0.2) is 0 Å². The van der Waals surface area contributed by atoms with Crippen molar-refractivity contribution < 1.29 is 19.0 Å². The van der Waals surface area contributed by atoms with Crippen molar-refractivity contribution >= 4 is 5.97 Å². The lowest BCUT2D eigenvalue weighted by Gasteiger charge is -2.14. The first-order valence-electron chi connectivity index (χ1n) is 9.68. The van der Waals surface area contributed by atoms with E-state index in [1.807, 2.05) is 55.5 Å². The molecule has 1 aliphatic rings. The zero-order chi connectivity index (χ0) is 19.3. The SMILES string of the molecule is CCCCCCOC(=O)C1(c2ccc(C)cc2)OC1c1ccc(OC)cc1. The van der Waals surface area contributed by atoms with Gasteiger partial charge in [0.25, 0.3) is 0 Å². The fourth-order valence-corrected chi connectivity index (χ4v) is 3.33. The molecule has 4 nitrogen and oxygen atoms in total. The second-order valence-corrected chi connectivity index (χ2v) is 7.07. The van der Waals surface area contributed by atoms with Crippen molar-refractivity contribution in [3.05, 3.63) is 65.2 Å². The van der Waals surface area contributed by atoms with Gasteiger partial charge in [-0.25, -0.2) is 4.79 Å². The fraction of sp³-hybridized carbons (Fsp3) is 0.435. The smallest absolute Gasteiger partial charge is 0.346 e. The molecule has 27 heavy (non-hydrogen) atoms. The Morgan fingerprint density at radius 3 is 2.37 bits per heavy atom. The van der Waals surface area contributed by atoms with E-state index in [0.717, 1.165) is 48.1 Å². The third-order valence-electron chi connectivity index (χ3n) is 5.05. The Balaban J connectivity index is 1.78. The Morgan fingerprint density at radius 2 is 1.74 bits per heavy atom. The van der Waals surface area contributed by atoms with Crippen molar-refractivity contribution in [3.63, 3.8) is 0 Å². The Morgan fingerprint density at radius 1 is 1.04 bits per heavy atom. The topological polar surface area (TPSA) is 48.1 Å². The maximum Gasteiger partial charge on any atom is 0.346 e. The first-order valence-corrected chi connectivity index (χ1v) is 9.68. The number of hydrogen-bond donors (Lipinski definition) is 0. The Bertz CT molecular complexity index is 751. The minimum atomic E-state index is -1.05. The van der Waals surface area contributed by atoms with Gasteiger partial charge in [0, 0.05) is 0 Å². The van der Waals surface area contributed by atoms with Crippen LogP contribution in [0.1, 0.15) is 55.4 Å². The third kappa shape index (κ3) is 4.16. The number of hydrogen-bond acceptors (Lipinski definition) is 4. The van der Waals surface area contributed by atoms with Crippen molar-refractivity contribution in [1.82, 2.24) is 0 Å². The van der Waals surface area contributed by atoms with Gasteiger partial charge in [0.2, 0.25) is 5.60 Å². The third-order valence-corrected chi connectivity index (χ3v) is 5.05. The fourth-order valence-electron chi connectivity index (χ4n) is 3.33. The lowest BCUT2D eigenvalue weighted by atomic mass is 9.91. The molecule has 2 unspecified atom stereocenters. The summed E-state index contributed by atoms with van der Waals surface area (Å²) in [6, 6.07) is 15.5. The standard InChI is InChI=1S/C23H28O4/c1-4-5-6-7-16-26-22(24)23(19-12-8-17(2)9-13-19)21(27-23)18-10-14-20(25-3)15-11-18/h8-15,21H,4-7,16H2,1-3H3. The van der Waals surface area contributed by atoms with Crippen LogP contribution in [0, 0.1) is 6.92 Å². The van der Waals surface area contributed by atoms with Crippen LogP contribution in [0.15, 0.2) is 48.5 Å². The molecule has 4 heteroatoms. The molecule has 1 saturated heterocycles. The van der Waals surface area contributed by atoms with Crippen LogP contribution in [-0.4, -0.2) is 19.7 Å². The van der Waals surface area contributed by atoms with E-state index >= 15 is 0 Å². The van der Waals surface area contributed by atoms with E-state index in [-0.39, 0.29) is 12.1 Å². The summed E-state index contributed by atoms with van der Waals surface area (Å²) in [5.74, 6) is 0.475. The molecule has 3 rings (SSSR count). The minimum Gasteiger partial charge on any atom is -0.497 e. The van der Waals surface area contributed by atoms with E-state index in [1.165, 1.54) is 0 Å². The molecule has 144 valence electrons. The summed E-state index contributed by atoms with van der Waals surface area (Å²) in [7, 11) is 1.63. The van der Waals surface area contributed by atoms with E-state index < -0.39 is 5.60 Å². The highest BCUT2D eigenvalue weighted by atomic mass is 16.7. The largest absolute Gasteiger partial charge is 0.497 e. The van der Waals surface area contributed by atoms with E-state index in [2.05, 4.69) is 6.92 Å². The van der Waals surface area contributed by atoms with E-state index in [0.29, 0.717) is 6.61 Å². The average Bonchev–Trinajstić information content (AvgIpc) is 3.45. The summed E-state index contributed by atoms with van der Waals surface area (Å²) in [6.07, 6.45) is 3.94. The van der Waals surface area contributed by atoms with Crippen LogP contribution in [0.3, 0.4) is 0 Å². The number of carbonyl (C=O) groups excluding carboxylic acids is 1. The second-order valence-electron chi connectivity index (χ2n) is 7.07. The number of aryl methyl sites for hydroxylation is 1. The van der Waals surface area contributed by atoms with Crippen LogP contribution in [0.5, 0.6) is 5.75 Å². The molecule has 2 aromatic carbocycles. The molecular weight excluding hydrogens is 340 g/mol. The van der Waals surface area contributed by atoms with Crippen LogP contribution >= 0.6 is 0 Å². The number of epoxide rings is 1. The first-order chi connectivity index (χ1) is 13.1. The predicted octanol–water partition coefficient (Wildman–Crippen LogP) is 5.09. The highest BCUT2D eigenvalue weighted by Gasteiger charge is 2.65. The Hall–Kier alpha value is -2.33. The highest BCUT2D eigenvalue weighted by molar-refractivity contribution is 5.85. The summed E-state index contributed by atoms with van der Waals surface area (Å²) in [6.45, 7) is 4.62. The van der Waals surface area contributed by atoms with E-state index in [4.69, 9.17) is 14.2 Å². The molecule has 1 aliphatic heterocycles. The molecule has 0 N–H and O–H groups in total. The molecule has 0 saturated carbocycles. The van der Waals surface area contributed by atoms with Gasteiger partial charge in [0.05, 0.1) is 13.7 Å². The number of rotatable bonds is 9. The van der Waals surface area contributed by atoms with Gasteiger partial charge in [0.1, 0.15) is 11.9 Å². The zero-order valence-electron chi connectivity index (χ0n) is 16.4. The van der Waals surface area contributed by atoms with Crippen LogP contribution in [0.25, 0.3) is 0 Å². The van der Waals surface area contributed by atoms with Crippen molar-refractivity contribution in [2.75, 3.05) is 13.7 Å². The predicted molar refractivity (Wildman–Crippen MR) is 105 cm³/mol. The maximum atomic E-state index is 13.0. The number of unbranched alkanes of at least 4 members (excludes halogenated alkanes) is 3. The molecule has 1 heterocycles. The van der Waals surface area contributed by atoms with Crippen molar-refractivity contribution in [2.24, 2.45) is 0 Å². The minimum absolute atomic E-state index is 0.302. The van der Waals surface area contributed by atoms with Crippen LogP contribution < -0.4 is 4.74 Å². The summed E-state index contributed by atoms with van der Waals surface area (Å²) in [5.41, 5.74) is 1.88. The van der Waals surface area contributed by atoms with Gasteiger partial charge >= 0.3 is 5.97 Å². The molecule has 0 aliphatic carbocycles. The first kappa shape index (κ1) is 19.4. The van der Waals surface area contributed by atoms with Gasteiger partial charge in [-0.3, -0.25) is 0 Å². The van der Waals surface area contributed by atoms with Gasteiger partial charge < -0.3 is 14.2 Å². The number of esters is 1. The normalized spacial score (nSPS) is 20.9. The summed E-state index contributed by atoms with van der Waals surface area (Å²) >= 11 is 0. The van der Waals surface area contributed by atoms with E-state index in [1.54, 1.807) is 7.11 Å². The lowest BCUT2D eigenvalue weighted by Crippen LogP contribution is -2.26. The van der Waals surface area contributed by atoms with Crippen LogP contribution in [0.2, 0.25) is 0 Å². The van der Waals surface area contributed by atoms with E-state index in [9.17, 15) is 4.79 Å². The molecule has 0 spiro atoms. The highest BCUT2D eigenvalue weighted by Crippen LogP contribution is 2.58. The molecule has 0 aromatic heterocycles. The lowest BCUT2D eigenvalue weighted by molar-refractivity contribution is -0.150. The molecule has 0 radical (unpaired) electrons. The van der Waals surface area contributed by atoms with Gasteiger partial charge in [-0.15, -0.1) is 0 Å². The number of carbonyl (C=O) groups is 1. The van der Waals surface area contributed by atoms with Gasteiger partial charge in [-0.2, -0.15) is 0 Å². The molecule has 2 atom stereocenters. The molecule has 0 amide bonds. The van der Waals surface area contributed by atoms with Crippen LogP contribution in [-0.2, 0) is 19.9 Å². The molecule has 1 fully saturated rings. The molecule has 2 aromatic rings. The number of ether oxygens (including phenoxy) is 3.